The first-order valence-corrected chi connectivity index (χ1v) is 5.18. The molecule has 3 fully saturated rings. The SMILES string of the molecule is C#CCOC1C2CC3CNC1C3C2. The van der Waals surface area contributed by atoms with Crippen LogP contribution in [0.5, 0.6) is 0 Å². The van der Waals surface area contributed by atoms with Crippen LogP contribution >= 0.6 is 0 Å². The molecule has 1 aliphatic heterocycles. The van der Waals surface area contributed by atoms with Crippen molar-refractivity contribution in [2.45, 2.75) is 25.0 Å². The van der Waals surface area contributed by atoms with E-state index in [1.54, 1.807) is 0 Å². The van der Waals surface area contributed by atoms with Crippen LogP contribution in [0.25, 0.3) is 0 Å². The van der Waals surface area contributed by atoms with Crippen LogP contribution in [0.1, 0.15) is 12.8 Å². The molecular weight excluding hydrogens is 162 g/mol. The first-order valence-electron chi connectivity index (χ1n) is 5.18. The van der Waals surface area contributed by atoms with Gasteiger partial charge in [-0.3, -0.25) is 0 Å². The van der Waals surface area contributed by atoms with Gasteiger partial charge in [-0.05, 0) is 37.1 Å². The Labute approximate surface area is 79.0 Å². The Hall–Kier alpha value is -0.520. The molecule has 1 heterocycles. The fourth-order valence-electron chi connectivity index (χ4n) is 3.62. The van der Waals surface area contributed by atoms with Crippen molar-refractivity contribution in [2.75, 3.05) is 13.2 Å². The molecule has 5 atom stereocenters. The lowest BCUT2D eigenvalue weighted by atomic mass is 9.88. The first kappa shape index (κ1) is 7.84. The number of hydrogen-bond acceptors (Lipinski definition) is 2. The fourth-order valence-corrected chi connectivity index (χ4v) is 3.62. The second-order valence-corrected chi connectivity index (χ2v) is 4.57. The normalized spacial score (nSPS) is 51.2. The second kappa shape index (κ2) is 2.73. The molecule has 0 aromatic carbocycles. The molecular formula is C11H15NO. The van der Waals surface area contributed by atoms with Gasteiger partial charge in [0.05, 0.1) is 6.10 Å². The van der Waals surface area contributed by atoms with Crippen molar-refractivity contribution >= 4 is 0 Å². The predicted molar refractivity (Wildman–Crippen MR) is 50.1 cm³/mol. The maximum atomic E-state index is 5.72. The Kier molecular flexibility index (Phi) is 1.65. The third-order valence-corrected chi connectivity index (χ3v) is 4.04. The van der Waals surface area contributed by atoms with Gasteiger partial charge in [0.2, 0.25) is 0 Å². The Morgan fingerprint density at radius 3 is 3.15 bits per heavy atom. The van der Waals surface area contributed by atoms with E-state index in [0.717, 1.165) is 17.8 Å². The van der Waals surface area contributed by atoms with Gasteiger partial charge in [-0.1, -0.05) is 5.92 Å². The van der Waals surface area contributed by atoms with Gasteiger partial charge in [-0.15, -0.1) is 6.42 Å². The highest BCUT2D eigenvalue weighted by Gasteiger charge is 2.56. The van der Waals surface area contributed by atoms with Crippen LogP contribution in [0.2, 0.25) is 0 Å². The summed E-state index contributed by atoms with van der Waals surface area (Å²) < 4.78 is 5.72. The van der Waals surface area contributed by atoms with Crippen molar-refractivity contribution in [3.63, 3.8) is 0 Å². The Bertz CT molecular complexity index is 255. The molecule has 2 aliphatic carbocycles. The lowest BCUT2D eigenvalue weighted by Crippen LogP contribution is -2.39. The Morgan fingerprint density at radius 2 is 2.31 bits per heavy atom. The zero-order valence-corrected chi connectivity index (χ0v) is 7.70. The number of fused-ring (bicyclic) bond motifs is 1. The molecule has 0 radical (unpaired) electrons. The van der Waals surface area contributed by atoms with Crippen LogP contribution in [-0.2, 0) is 4.74 Å². The summed E-state index contributed by atoms with van der Waals surface area (Å²) in [5.41, 5.74) is 0. The summed E-state index contributed by atoms with van der Waals surface area (Å²) in [4.78, 5) is 0. The van der Waals surface area contributed by atoms with Crippen LogP contribution in [0, 0.1) is 30.1 Å². The zero-order chi connectivity index (χ0) is 8.84. The van der Waals surface area contributed by atoms with E-state index in [0.29, 0.717) is 18.8 Å². The zero-order valence-electron chi connectivity index (χ0n) is 7.70. The molecule has 1 saturated heterocycles. The van der Waals surface area contributed by atoms with Crippen LogP contribution in [-0.4, -0.2) is 25.3 Å². The van der Waals surface area contributed by atoms with Crippen molar-refractivity contribution in [1.82, 2.24) is 5.32 Å². The first-order chi connectivity index (χ1) is 6.40. The second-order valence-electron chi connectivity index (χ2n) is 4.57. The van der Waals surface area contributed by atoms with Crippen molar-refractivity contribution in [1.29, 1.82) is 0 Å². The van der Waals surface area contributed by atoms with E-state index in [9.17, 15) is 0 Å². The van der Waals surface area contributed by atoms with Crippen LogP contribution < -0.4 is 5.32 Å². The highest BCUT2D eigenvalue weighted by molar-refractivity contribution is 5.10. The van der Waals surface area contributed by atoms with Crippen LogP contribution in [0.3, 0.4) is 0 Å². The largest absolute Gasteiger partial charge is 0.364 e. The van der Waals surface area contributed by atoms with Gasteiger partial charge in [0, 0.05) is 6.04 Å². The lowest BCUT2D eigenvalue weighted by Gasteiger charge is -2.26. The molecule has 0 aromatic rings. The van der Waals surface area contributed by atoms with E-state index in [1.807, 2.05) is 0 Å². The molecule has 1 N–H and O–H groups in total. The third kappa shape index (κ3) is 0.978. The maximum absolute atomic E-state index is 5.72. The minimum Gasteiger partial charge on any atom is -0.364 e. The predicted octanol–water partition coefficient (Wildman–Crippen LogP) is 0.633. The Balaban J connectivity index is 1.74. The highest BCUT2D eigenvalue weighted by atomic mass is 16.5. The van der Waals surface area contributed by atoms with Gasteiger partial charge in [0.15, 0.2) is 0 Å². The molecule has 13 heavy (non-hydrogen) atoms. The van der Waals surface area contributed by atoms with Crippen LogP contribution in [0.15, 0.2) is 0 Å². The lowest BCUT2D eigenvalue weighted by molar-refractivity contribution is 0.0213. The van der Waals surface area contributed by atoms with E-state index in [-0.39, 0.29) is 0 Å². The molecule has 3 rings (SSSR count). The summed E-state index contributed by atoms with van der Waals surface area (Å²) in [6, 6.07) is 0.622. The van der Waals surface area contributed by atoms with Gasteiger partial charge in [-0.25, -0.2) is 0 Å². The number of hydrogen-bond donors (Lipinski definition) is 1. The molecule has 2 heteroatoms. The number of ether oxygens (including phenoxy) is 1. The summed E-state index contributed by atoms with van der Waals surface area (Å²) in [5.74, 6) is 5.20. The smallest absolute Gasteiger partial charge is 0.107 e. The van der Waals surface area contributed by atoms with Crippen molar-refractivity contribution in [3.05, 3.63) is 0 Å². The van der Waals surface area contributed by atoms with E-state index < -0.39 is 0 Å². The van der Waals surface area contributed by atoms with Gasteiger partial charge in [-0.2, -0.15) is 0 Å². The van der Waals surface area contributed by atoms with Gasteiger partial charge in [0.25, 0.3) is 0 Å². The molecule has 2 nitrogen and oxygen atoms in total. The molecule has 0 aromatic heterocycles. The average Bonchev–Trinajstić information content (AvgIpc) is 2.70. The molecule has 3 aliphatic rings. The number of rotatable bonds is 2. The molecule has 2 saturated carbocycles. The topological polar surface area (TPSA) is 21.3 Å². The van der Waals surface area contributed by atoms with Crippen molar-refractivity contribution in [2.24, 2.45) is 17.8 Å². The number of nitrogens with one attached hydrogen (secondary N) is 1. The van der Waals surface area contributed by atoms with Gasteiger partial charge in [0.1, 0.15) is 6.61 Å². The monoisotopic (exact) mass is 177 g/mol. The standard InChI is InChI=1S/C11H15NO/c1-2-3-13-11-7-4-8-6-12-10(11)9(8)5-7/h1,7-12H,3-6H2. The summed E-state index contributed by atoms with van der Waals surface area (Å²) in [6.45, 7) is 1.69. The summed E-state index contributed by atoms with van der Waals surface area (Å²) in [7, 11) is 0. The number of terminal acetylenes is 1. The van der Waals surface area contributed by atoms with Crippen molar-refractivity contribution < 1.29 is 4.74 Å². The average molecular weight is 177 g/mol. The third-order valence-electron chi connectivity index (χ3n) is 4.04. The summed E-state index contributed by atoms with van der Waals surface area (Å²) in [6.07, 6.45) is 8.36. The van der Waals surface area contributed by atoms with E-state index in [2.05, 4.69) is 11.2 Å². The molecule has 5 unspecified atom stereocenters. The summed E-state index contributed by atoms with van der Waals surface area (Å²) >= 11 is 0. The van der Waals surface area contributed by atoms with Crippen molar-refractivity contribution in [3.8, 4) is 12.3 Å². The maximum Gasteiger partial charge on any atom is 0.107 e. The van der Waals surface area contributed by atoms with E-state index >= 15 is 0 Å². The highest BCUT2D eigenvalue weighted by Crippen LogP contribution is 2.52. The molecule has 70 valence electrons. The van der Waals surface area contributed by atoms with Gasteiger partial charge < -0.3 is 10.1 Å². The quantitative estimate of drug-likeness (QED) is 0.625. The fraction of sp³-hybridized carbons (Fsp3) is 0.818. The summed E-state index contributed by atoms with van der Waals surface area (Å²) in [5, 5.41) is 3.58. The minimum atomic E-state index is 0.416. The van der Waals surface area contributed by atoms with E-state index in [4.69, 9.17) is 11.2 Å². The van der Waals surface area contributed by atoms with E-state index in [1.165, 1.54) is 19.4 Å². The molecule has 0 amide bonds. The molecule has 0 spiro atoms. The Morgan fingerprint density at radius 1 is 1.38 bits per heavy atom. The molecule has 2 bridgehead atoms. The van der Waals surface area contributed by atoms with Gasteiger partial charge >= 0.3 is 0 Å². The minimum absolute atomic E-state index is 0.416. The van der Waals surface area contributed by atoms with Crippen LogP contribution in [0.4, 0.5) is 0 Å².